The van der Waals surface area contributed by atoms with Gasteiger partial charge in [0.2, 0.25) is 11.8 Å². The number of fused-ring (bicyclic) bond motifs is 1. The highest BCUT2D eigenvalue weighted by Gasteiger charge is 2.55. The van der Waals surface area contributed by atoms with Gasteiger partial charge in [0.25, 0.3) is 0 Å². The lowest BCUT2D eigenvalue weighted by molar-refractivity contribution is -0.121. The summed E-state index contributed by atoms with van der Waals surface area (Å²) in [5.74, 6) is 0.708. The topological polar surface area (TPSA) is 85.8 Å². The molecule has 1 aliphatic carbocycles. The fourth-order valence-corrected chi connectivity index (χ4v) is 4.70. The molecular formula is C22H23Cl2N5O2. The standard InChI is InChI=1S/C22H23Cl2N5O2/c1-13(30)28-20-18(23)7-14(8-19(20)24)10-26-27-12-25-22(31)21-17-9-15(17)11-29(21)16-5-3-2-4-6-16/h2-8,12,15,17,21,26H,9-11H2,1H3,(H,28,30)(H,25,27,31)/t15-,17+,21-/m1/s1. The summed E-state index contributed by atoms with van der Waals surface area (Å²) in [5, 5.41) is 10.1. The summed E-state index contributed by atoms with van der Waals surface area (Å²) in [6.45, 7) is 2.66. The Hall–Kier alpha value is -2.77. The molecule has 2 amide bonds. The number of amides is 2. The number of halogens is 2. The number of rotatable bonds is 7. The first-order valence-electron chi connectivity index (χ1n) is 10.1. The van der Waals surface area contributed by atoms with E-state index in [-0.39, 0.29) is 17.9 Å². The average Bonchev–Trinajstić information content (AvgIpc) is 3.40. The molecule has 0 radical (unpaired) electrons. The van der Waals surface area contributed by atoms with Gasteiger partial charge in [-0.1, -0.05) is 41.4 Å². The Balaban J connectivity index is 1.30. The van der Waals surface area contributed by atoms with E-state index in [0.717, 1.165) is 24.2 Å². The zero-order chi connectivity index (χ0) is 22.0. The molecule has 1 saturated heterocycles. The molecule has 0 bridgehead atoms. The molecule has 162 valence electrons. The van der Waals surface area contributed by atoms with Crippen LogP contribution in [0.4, 0.5) is 11.4 Å². The number of piperidine rings is 1. The Bertz CT molecular complexity index is 991. The number of carbonyl (C=O) groups excluding carboxylic acids is 2. The minimum Gasteiger partial charge on any atom is -0.359 e. The maximum absolute atomic E-state index is 12.8. The van der Waals surface area contributed by atoms with Gasteiger partial charge in [0.05, 0.1) is 22.3 Å². The molecular weight excluding hydrogens is 437 g/mol. The Kier molecular flexibility index (Phi) is 6.34. The van der Waals surface area contributed by atoms with Crippen LogP contribution in [0.25, 0.3) is 0 Å². The molecule has 0 spiro atoms. The first-order valence-corrected chi connectivity index (χ1v) is 10.8. The Morgan fingerprint density at radius 1 is 1.19 bits per heavy atom. The molecule has 31 heavy (non-hydrogen) atoms. The Labute approximate surface area is 190 Å². The van der Waals surface area contributed by atoms with Crippen molar-refractivity contribution in [3.63, 3.8) is 0 Å². The number of anilines is 2. The lowest BCUT2D eigenvalue weighted by Crippen LogP contribution is -2.45. The van der Waals surface area contributed by atoms with Crippen LogP contribution in [0.5, 0.6) is 0 Å². The van der Waals surface area contributed by atoms with Crippen molar-refractivity contribution >= 4 is 52.7 Å². The van der Waals surface area contributed by atoms with Crippen molar-refractivity contribution in [2.75, 3.05) is 16.8 Å². The Morgan fingerprint density at radius 2 is 1.90 bits per heavy atom. The fraction of sp³-hybridized carbons (Fsp3) is 0.318. The highest BCUT2D eigenvalue weighted by Crippen LogP contribution is 2.50. The second-order valence-corrected chi connectivity index (χ2v) is 8.62. The molecule has 9 heteroatoms. The third-order valence-corrected chi connectivity index (χ3v) is 6.15. The quantitative estimate of drug-likeness (QED) is 0.335. The van der Waals surface area contributed by atoms with Crippen LogP contribution in [-0.2, 0) is 16.1 Å². The van der Waals surface area contributed by atoms with Gasteiger partial charge in [-0.2, -0.15) is 5.10 Å². The van der Waals surface area contributed by atoms with Crippen LogP contribution in [0.3, 0.4) is 0 Å². The van der Waals surface area contributed by atoms with Gasteiger partial charge in [0.15, 0.2) is 0 Å². The highest BCUT2D eigenvalue weighted by molar-refractivity contribution is 6.39. The summed E-state index contributed by atoms with van der Waals surface area (Å²) in [4.78, 5) is 26.2. The van der Waals surface area contributed by atoms with Crippen LogP contribution in [0.15, 0.2) is 47.6 Å². The lowest BCUT2D eigenvalue weighted by Gasteiger charge is -2.28. The maximum atomic E-state index is 12.8. The summed E-state index contributed by atoms with van der Waals surface area (Å²) in [7, 11) is 0. The third kappa shape index (κ3) is 4.94. The number of para-hydroxylation sites is 1. The normalized spacial score (nSPS) is 21.6. The van der Waals surface area contributed by atoms with Crippen molar-refractivity contribution in [2.24, 2.45) is 16.9 Å². The van der Waals surface area contributed by atoms with Crippen LogP contribution in [0.2, 0.25) is 10.0 Å². The summed E-state index contributed by atoms with van der Waals surface area (Å²) < 4.78 is 0. The second-order valence-electron chi connectivity index (χ2n) is 7.81. The van der Waals surface area contributed by atoms with Gasteiger partial charge in [-0.25, -0.2) is 0 Å². The molecule has 3 N–H and O–H groups in total. The molecule has 4 rings (SSSR count). The van der Waals surface area contributed by atoms with E-state index < -0.39 is 0 Å². The molecule has 2 aromatic carbocycles. The zero-order valence-electron chi connectivity index (χ0n) is 16.9. The number of nitrogens with one attached hydrogen (secondary N) is 3. The van der Waals surface area contributed by atoms with E-state index in [4.69, 9.17) is 23.2 Å². The highest BCUT2D eigenvalue weighted by atomic mass is 35.5. The van der Waals surface area contributed by atoms with Gasteiger partial charge in [0.1, 0.15) is 12.4 Å². The van der Waals surface area contributed by atoms with Crippen LogP contribution in [-0.4, -0.2) is 30.7 Å². The number of nitrogens with zero attached hydrogens (tertiary/aromatic N) is 2. The van der Waals surface area contributed by atoms with Crippen LogP contribution >= 0.6 is 23.2 Å². The van der Waals surface area contributed by atoms with Crippen LogP contribution in [0, 0.1) is 11.8 Å². The second kappa shape index (κ2) is 9.16. The van der Waals surface area contributed by atoms with E-state index >= 15 is 0 Å². The minimum absolute atomic E-state index is 0.0508. The summed E-state index contributed by atoms with van der Waals surface area (Å²) in [5.41, 5.74) is 5.11. The number of benzene rings is 2. The molecule has 2 aliphatic rings. The molecule has 2 aromatic rings. The van der Waals surface area contributed by atoms with Gasteiger partial charge < -0.3 is 21.0 Å². The third-order valence-electron chi connectivity index (χ3n) is 5.56. The van der Waals surface area contributed by atoms with Crippen molar-refractivity contribution < 1.29 is 9.59 Å². The predicted octanol–water partition coefficient (Wildman–Crippen LogP) is 3.63. The summed E-state index contributed by atoms with van der Waals surface area (Å²) >= 11 is 12.4. The smallest absolute Gasteiger partial charge is 0.248 e. The first-order chi connectivity index (χ1) is 14.9. The van der Waals surface area contributed by atoms with E-state index in [2.05, 4.69) is 26.1 Å². The number of carbonyl (C=O) groups is 2. The number of hydrazone groups is 1. The van der Waals surface area contributed by atoms with E-state index in [1.54, 1.807) is 12.1 Å². The van der Waals surface area contributed by atoms with E-state index in [1.807, 2.05) is 30.3 Å². The molecule has 1 aliphatic heterocycles. The summed E-state index contributed by atoms with van der Waals surface area (Å²) in [6, 6.07) is 13.2. The molecule has 7 nitrogen and oxygen atoms in total. The lowest BCUT2D eigenvalue weighted by atomic mass is 10.1. The van der Waals surface area contributed by atoms with Gasteiger partial charge in [-0.3, -0.25) is 9.59 Å². The van der Waals surface area contributed by atoms with E-state index in [0.29, 0.717) is 34.1 Å². The minimum atomic E-state index is -0.249. The monoisotopic (exact) mass is 459 g/mol. The number of hydrogen-bond donors (Lipinski definition) is 3. The molecule has 3 atom stereocenters. The molecule has 2 fully saturated rings. The number of hydrogen-bond acceptors (Lipinski definition) is 5. The van der Waals surface area contributed by atoms with Gasteiger partial charge >= 0.3 is 0 Å². The fourth-order valence-electron chi connectivity index (χ4n) is 4.07. The van der Waals surface area contributed by atoms with Crippen molar-refractivity contribution in [3.8, 4) is 0 Å². The van der Waals surface area contributed by atoms with Gasteiger partial charge in [-0.05, 0) is 48.1 Å². The van der Waals surface area contributed by atoms with E-state index in [9.17, 15) is 9.59 Å². The predicted molar refractivity (Wildman–Crippen MR) is 123 cm³/mol. The average molecular weight is 460 g/mol. The molecule has 0 aromatic heterocycles. The van der Waals surface area contributed by atoms with E-state index in [1.165, 1.54) is 13.3 Å². The molecule has 1 heterocycles. The van der Waals surface area contributed by atoms with Gasteiger partial charge in [0, 0.05) is 19.2 Å². The van der Waals surface area contributed by atoms with Crippen LogP contribution in [0.1, 0.15) is 18.9 Å². The summed E-state index contributed by atoms with van der Waals surface area (Å²) in [6.07, 6.45) is 2.48. The molecule has 0 unspecified atom stereocenters. The zero-order valence-corrected chi connectivity index (χ0v) is 18.5. The van der Waals surface area contributed by atoms with Crippen molar-refractivity contribution in [2.45, 2.75) is 25.9 Å². The van der Waals surface area contributed by atoms with Crippen molar-refractivity contribution in [3.05, 3.63) is 58.1 Å². The largest absolute Gasteiger partial charge is 0.359 e. The molecule has 1 saturated carbocycles. The van der Waals surface area contributed by atoms with Crippen LogP contribution < -0.4 is 21.0 Å². The first kappa shape index (κ1) is 21.5. The maximum Gasteiger partial charge on any atom is 0.248 e. The van der Waals surface area contributed by atoms with Crippen molar-refractivity contribution in [1.82, 2.24) is 10.7 Å². The SMILES string of the molecule is CC(=O)Nc1c(Cl)cc(CN/N=C\NC(=O)[C@H]2[C@H]3C[C@@H]3CN2c2ccccc2)cc1Cl. The van der Waals surface area contributed by atoms with Gasteiger partial charge in [-0.15, -0.1) is 0 Å². The van der Waals surface area contributed by atoms with Crippen molar-refractivity contribution in [1.29, 1.82) is 0 Å². The Morgan fingerprint density at radius 3 is 2.58 bits per heavy atom.